The van der Waals surface area contributed by atoms with Crippen molar-refractivity contribution in [2.75, 3.05) is 4.90 Å². The van der Waals surface area contributed by atoms with Crippen LogP contribution in [0.25, 0.3) is 0 Å². The third-order valence-electron chi connectivity index (χ3n) is 6.69. The smallest absolute Gasteiger partial charge is 0.465 e. The van der Waals surface area contributed by atoms with E-state index in [-0.39, 0.29) is 31.4 Å². The molecular weight excluding hydrogens is 519 g/mol. The number of nitrogens with zero attached hydrogens (tertiary/aromatic N) is 2. The molecule has 12 heteroatoms. The first-order valence-electron chi connectivity index (χ1n) is 12.2. The Morgan fingerprint density at radius 3 is 2.23 bits per heavy atom. The van der Waals surface area contributed by atoms with Crippen molar-refractivity contribution in [1.82, 2.24) is 10.2 Å². The van der Waals surface area contributed by atoms with E-state index in [9.17, 15) is 37.5 Å². The Kier molecular flexibility index (Phi) is 7.09. The number of carbonyl (C=O) groups excluding carboxylic acids is 3. The molecule has 0 saturated heterocycles. The first-order valence-corrected chi connectivity index (χ1v) is 12.2. The van der Waals surface area contributed by atoms with Crippen molar-refractivity contribution in [2.24, 2.45) is 0 Å². The molecule has 3 amide bonds. The van der Waals surface area contributed by atoms with E-state index in [1.54, 1.807) is 45.0 Å². The summed E-state index contributed by atoms with van der Waals surface area (Å²) in [5.74, 6) is -2.08. The first-order chi connectivity index (χ1) is 18.1. The van der Waals surface area contributed by atoms with Crippen molar-refractivity contribution in [3.05, 3.63) is 59.7 Å². The van der Waals surface area contributed by atoms with E-state index in [0.29, 0.717) is 11.3 Å². The average Bonchev–Trinajstić information content (AvgIpc) is 3.62. The van der Waals surface area contributed by atoms with Crippen LogP contribution in [-0.4, -0.2) is 57.2 Å². The predicted molar refractivity (Wildman–Crippen MR) is 133 cm³/mol. The maximum Gasteiger partial charge on any atom is 0.573 e. The van der Waals surface area contributed by atoms with Gasteiger partial charge in [0.15, 0.2) is 5.78 Å². The highest BCUT2D eigenvalue weighted by Crippen LogP contribution is 2.46. The van der Waals surface area contributed by atoms with Crippen LogP contribution in [0.1, 0.15) is 56.0 Å². The SMILES string of the molecule is CC(C)(C)N(C(=O)O)C1(C(=O)N[C@H]2CC(=O)c3ccccc3N(Cc3ccc(OC(F)(F)F)cc3)C2=O)CC1. The fourth-order valence-electron chi connectivity index (χ4n) is 4.96. The van der Waals surface area contributed by atoms with Crippen LogP contribution in [0.4, 0.5) is 23.7 Å². The van der Waals surface area contributed by atoms with Crippen molar-refractivity contribution in [3.8, 4) is 5.75 Å². The molecule has 208 valence electrons. The van der Waals surface area contributed by atoms with Gasteiger partial charge in [-0.15, -0.1) is 13.2 Å². The Balaban J connectivity index is 1.62. The van der Waals surface area contributed by atoms with Crippen LogP contribution >= 0.6 is 0 Å². The average molecular weight is 548 g/mol. The van der Waals surface area contributed by atoms with Gasteiger partial charge in [0.25, 0.3) is 0 Å². The lowest BCUT2D eigenvalue weighted by Crippen LogP contribution is -2.61. The number of ketones is 1. The molecule has 2 aromatic rings. The predicted octanol–water partition coefficient (Wildman–Crippen LogP) is 4.50. The van der Waals surface area contributed by atoms with Crippen molar-refractivity contribution < 1.29 is 42.2 Å². The van der Waals surface area contributed by atoms with Crippen molar-refractivity contribution in [2.45, 2.75) is 70.1 Å². The molecular formula is C27H28F3N3O6. The molecule has 9 nitrogen and oxygen atoms in total. The lowest BCUT2D eigenvalue weighted by molar-refractivity contribution is -0.274. The zero-order chi connectivity index (χ0) is 28.8. The van der Waals surface area contributed by atoms with Gasteiger partial charge in [0, 0.05) is 17.5 Å². The molecule has 2 aliphatic rings. The van der Waals surface area contributed by atoms with Gasteiger partial charge in [-0.1, -0.05) is 24.3 Å². The van der Waals surface area contributed by atoms with E-state index in [1.807, 2.05) is 0 Å². The van der Waals surface area contributed by atoms with Crippen LogP contribution in [-0.2, 0) is 16.1 Å². The number of carboxylic acid groups (broad SMARTS) is 1. The molecule has 0 radical (unpaired) electrons. The van der Waals surface area contributed by atoms with Crippen molar-refractivity contribution in [3.63, 3.8) is 0 Å². The molecule has 1 fully saturated rings. The van der Waals surface area contributed by atoms with E-state index >= 15 is 0 Å². The quantitative estimate of drug-likeness (QED) is 0.550. The molecule has 39 heavy (non-hydrogen) atoms. The molecule has 0 spiro atoms. The Hall–Kier alpha value is -4.09. The van der Waals surface area contributed by atoms with Crippen molar-refractivity contribution >= 4 is 29.4 Å². The van der Waals surface area contributed by atoms with Gasteiger partial charge >= 0.3 is 12.5 Å². The molecule has 0 bridgehead atoms. The number of benzene rings is 2. The number of hydrogen-bond acceptors (Lipinski definition) is 5. The van der Waals surface area contributed by atoms with Gasteiger partial charge in [0.05, 0.1) is 12.2 Å². The summed E-state index contributed by atoms with van der Waals surface area (Å²) in [4.78, 5) is 54.7. The number of anilines is 1. The molecule has 0 unspecified atom stereocenters. The number of amides is 3. The maximum atomic E-state index is 13.8. The molecule has 4 rings (SSSR count). The number of rotatable bonds is 6. The number of para-hydroxylation sites is 1. The standard InChI is InChI=1S/C27H28F3N3O6/c1-25(2,3)33(24(37)38)26(12-13-26)23(36)31-19-14-21(34)18-6-4-5-7-20(18)32(22(19)35)15-16-8-10-17(11-9-16)39-27(28,29)30/h4-11,19H,12-15H2,1-3H3,(H,31,36)(H,37,38)/t19-/m0/s1. The highest BCUT2D eigenvalue weighted by molar-refractivity contribution is 6.13. The number of carbonyl (C=O) groups is 4. The normalized spacial score (nSPS) is 18.6. The van der Waals surface area contributed by atoms with E-state index in [4.69, 9.17) is 0 Å². The third kappa shape index (κ3) is 5.84. The van der Waals surface area contributed by atoms with Crippen LogP contribution in [0.3, 0.4) is 0 Å². The number of alkyl halides is 3. The Morgan fingerprint density at radius 2 is 1.69 bits per heavy atom. The second kappa shape index (κ2) is 9.90. The summed E-state index contributed by atoms with van der Waals surface area (Å²) < 4.78 is 41.5. The van der Waals surface area contributed by atoms with Crippen LogP contribution in [0.5, 0.6) is 5.75 Å². The van der Waals surface area contributed by atoms with Crippen LogP contribution in [0.15, 0.2) is 48.5 Å². The zero-order valence-electron chi connectivity index (χ0n) is 21.5. The van der Waals surface area contributed by atoms with E-state index in [1.165, 1.54) is 17.0 Å². The molecule has 1 aliphatic heterocycles. The molecule has 1 atom stereocenters. The fourth-order valence-corrected chi connectivity index (χ4v) is 4.96. The molecule has 1 saturated carbocycles. The number of hydrogen-bond donors (Lipinski definition) is 2. The molecule has 1 aliphatic carbocycles. The number of halogens is 3. The Labute approximate surface area is 222 Å². The van der Waals surface area contributed by atoms with Crippen molar-refractivity contribution in [1.29, 1.82) is 0 Å². The van der Waals surface area contributed by atoms with Gasteiger partial charge in [0.1, 0.15) is 17.3 Å². The summed E-state index contributed by atoms with van der Waals surface area (Å²) >= 11 is 0. The van der Waals surface area contributed by atoms with Gasteiger partial charge in [-0.25, -0.2) is 4.79 Å². The number of Topliss-reactive ketones (excluding diaryl/α,β-unsaturated/α-hetero) is 1. The summed E-state index contributed by atoms with van der Waals surface area (Å²) in [6.45, 7) is 4.89. The highest BCUT2D eigenvalue weighted by atomic mass is 19.4. The molecule has 1 heterocycles. The summed E-state index contributed by atoms with van der Waals surface area (Å²) in [6, 6.07) is 10.1. The van der Waals surface area contributed by atoms with Crippen LogP contribution in [0, 0.1) is 0 Å². The minimum absolute atomic E-state index is 0.101. The number of fused-ring (bicyclic) bond motifs is 1. The van der Waals surface area contributed by atoms with Crippen LogP contribution < -0.4 is 15.0 Å². The molecule has 0 aromatic heterocycles. The van der Waals surface area contributed by atoms with Gasteiger partial charge in [0.2, 0.25) is 11.8 Å². The van der Waals surface area contributed by atoms with Gasteiger partial charge in [-0.2, -0.15) is 0 Å². The van der Waals surface area contributed by atoms with E-state index < -0.39 is 52.9 Å². The summed E-state index contributed by atoms with van der Waals surface area (Å²) in [5, 5.41) is 12.5. The second-order valence-corrected chi connectivity index (χ2v) is 10.6. The Bertz CT molecular complexity index is 1300. The minimum Gasteiger partial charge on any atom is -0.465 e. The zero-order valence-corrected chi connectivity index (χ0v) is 21.5. The Morgan fingerprint density at radius 1 is 1.08 bits per heavy atom. The number of ether oxygens (including phenoxy) is 1. The minimum atomic E-state index is -4.85. The monoisotopic (exact) mass is 547 g/mol. The largest absolute Gasteiger partial charge is 0.573 e. The lowest BCUT2D eigenvalue weighted by Gasteiger charge is -2.39. The fraction of sp³-hybridized carbons (Fsp3) is 0.407. The number of nitrogens with one attached hydrogen (secondary N) is 1. The summed E-state index contributed by atoms with van der Waals surface area (Å²) in [5.41, 5.74) is -1.25. The molecule has 2 aromatic carbocycles. The summed E-state index contributed by atoms with van der Waals surface area (Å²) in [7, 11) is 0. The molecule has 2 N–H and O–H groups in total. The maximum absolute atomic E-state index is 13.8. The third-order valence-corrected chi connectivity index (χ3v) is 6.69. The highest BCUT2D eigenvalue weighted by Gasteiger charge is 2.60. The van der Waals surface area contributed by atoms with Gasteiger partial charge in [-0.05, 0) is 63.4 Å². The van der Waals surface area contributed by atoms with E-state index in [0.717, 1.165) is 17.0 Å². The lowest BCUT2D eigenvalue weighted by atomic mass is 10.0. The summed E-state index contributed by atoms with van der Waals surface area (Å²) in [6.07, 6.45) is -5.92. The van der Waals surface area contributed by atoms with E-state index in [2.05, 4.69) is 10.1 Å². The van der Waals surface area contributed by atoms with Gasteiger partial charge in [-0.3, -0.25) is 19.3 Å². The van der Waals surface area contributed by atoms with Crippen LogP contribution in [0.2, 0.25) is 0 Å². The first kappa shape index (κ1) is 27.9. The topological polar surface area (TPSA) is 116 Å². The van der Waals surface area contributed by atoms with Gasteiger partial charge < -0.3 is 20.1 Å². The second-order valence-electron chi connectivity index (χ2n) is 10.6.